The molecular formula is C12H13Br2NO6S2. The Morgan fingerprint density at radius 3 is 2.52 bits per heavy atom. The van der Waals surface area contributed by atoms with E-state index in [9.17, 15) is 21.6 Å². The first kappa shape index (κ1) is 18.8. The van der Waals surface area contributed by atoms with Crippen LogP contribution in [0.1, 0.15) is 6.42 Å². The van der Waals surface area contributed by atoms with E-state index in [1.54, 1.807) is 6.07 Å². The Morgan fingerprint density at radius 1 is 1.35 bits per heavy atom. The first-order valence-corrected chi connectivity index (χ1v) is 11.3. The van der Waals surface area contributed by atoms with Crippen molar-refractivity contribution in [2.24, 2.45) is 0 Å². The molecule has 0 radical (unpaired) electrons. The van der Waals surface area contributed by atoms with E-state index >= 15 is 0 Å². The summed E-state index contributed by atoms with van der Waals surface area (Å²) < 4.78 is 50.5. The maximum Gasteiger partial charge on any atom is 0.318 e. The highest BCUT2D eigenvalue weighted by molar-refractivity contribution is 9.11. The largest absolute Gasteiger partial charge is 0.480 e. The maximum atomic E-state index is 12.9. The highest BCUT2D eigenvalue weighted by atomic mass is 79.9. The molecule has 0 unspecified atom stereocenters. The van der Waals surface area contributed by atoms with Crippen molar-refractivity contribution >= 4 is 57.7 Å². The quantitative estimate of drug-likeness (QED) is 0.669. The molecular weight excluding hydrogens is 478 g/mol. The summed E-state index contributed by atoms with van der Waals surface area (Å²) in [7, 11) is -7.53. The Labute approximate surface area is 150 Å². The molecule has 0 bridgehead atoms. The molecule has 1 aliphatic rings. The summed E-state index contributed by atoms with van der Waals surface area (Å²) in [5.74, 6) is -1.86. The van der Waals surface area contributed by atoms with Gasteiger partial charge >= 0.3 is 5.97 Å². The Morgan fingerprint density at radius 2 is 2.00 bits per heavy atom. The molecule has 1 N–H and O–H groups in total. The number of carbonyl (C=O) groups is 1. The summed E-state index contributed by atoms with van der Waals surface area (Å²) in [4.78, 5) is 11.0. The Hall–Kier alpha value is -0.490. The van der Waals surface area contributed by atoms with Crippen LogP contribution >= 0.6 is 31.9 Å². The van der Waals surface area contributed by atoms with Crippen LogP contribution in [-0.2, 0) is 24.7 Å². The van der Waals surface area contributed by atoms with E-state index in [1.807, 2.05) is 0 Å². The lowest BCUT2D eigenvalue weighted by atomic mass is 10.2. The molecule has 0 amide bonds. The fourth-order valence-electron chi connectivity index (χ4n) is 2.35. The third-order valence-corrected chi connectivity index (χ3v) is 8.52. The van der Waals surface area contributed by atoms with Gasteiger partial charge in [0.15, 0.2) is 9.84 Å². The van der Waals surface area contributed by atoms with E-state index < -0.39 is 38.4 Å². The third kappa shape index (κ3) is 4.32. The van der Waals surface area contributed by atoms with Gasteiger partial charge in [-0.05, 0) is 40.5 Å². The Kier molecular flexibility index (Phi) is 5.56. The van der Waals surface area contributed by atoms with Crippen LogP contribution in [0.5, 0.6) is 0 Å². The van der Waals surface area contributed by atoms with Crippen LogP contribution in [0.3, 0.4) is 0 Å². The van der Waals surface area contributed by atoms with Gasteiger partial charge in [-0.25, -0.2) is 16.8 Å². The van der Waals surface area contributed by atoms with Crippen LogP contribution in [0.2, 0.25) is 0 Å². The molecule has 1 fully saturated rings. The zero-order valence-corrected chi connectivity index (χ0v) is 16.5. The van der Waals surface area contributed by atoms with Crippen molar-refractivity contribution in [3.63, 3.8) is 0 Å². The first-order chi connectivity index (χ1) is 10.5. The van der Waals surface area contributed by atoms with E-state index in [0.29, 0.717) is 4.47 Å². The van der Waals surface area contributed by atoms with Gasteiger partial charge in [0.05, 0.1) is 16.4 Å². The van der Waals surface area contributed by atoms with Crippen LogP contribution in [0.15, 0.2) is 32.0 Å². The van der Waals surface area contributed by atoms with Gasteiger partial charge in [-0.1, -0.05) is 15.9 Å². The molecule has 0 saturated carbocycles. The predicted molar refractivity (Wildman–Crippen MR) is 90.4 cm³/mol. The lowest BCUT2D eigenvalue weighted by molar-refractivity contribution is -0.137. The topological polar surface area (TPSA) is 109 Å². The number of rotatable bonds is 5. The van der Waals surface area contributed by atoms with Crippen molar-refractivity contribution in [1.29, 1.82) is 0 Å². The minimum atomic E-state index is -4.17. The Balaban J connectivity index is 2.49. The van der Waals surface area contributed by atoms with Crippen LogP contribution < -0.4 is 0 Å². The molecule has 0 aliphatic carbocycles. The number of aliphatic carboxylic acids is 1. The van der Waals surface area contributed by atoms with Crippen molar-refractivity contribution in [1.82, 2.24) is 4.31 Å². The smallest absolute Gasteiger partial charge is 0.318 e. The number of sulfonamides is 1. The molecule has 1 heterocycles. The number of hydrogen-bond donors (Lipinski definition) is 1. The Bertz CT molecular complexity index is 837. The standard InChI is InChI=1S/C12H13Br2NO6S2/c13-8-1-2-10(14)11(5-8)23(20,21)15(6-12(16)17)9-3-4-22(18,19)7-9/h1-2,5,9H,3-4,6-7H2,(H,16,17)/t9-/m0/s1. The second-order valence-corrected chi connectivity index (χ2v) is 10.9. The van der Waals surface area contributed by atoms with Gasteiger partial charge in [0, 0.05) is 15.0 Å². The van der Waals surface area contributed by atoms with E-state index in [0.717, 1.165) is 4.31 Å². The minimum Gasteiger partial charge on any atom is -0.480 e. The van der Waals surface area contributed by atoms with Gasteiger partial charge in [-0.2, -0.15) is 4.31 Å². The third-order valence-electron chi connectivity index (χ3n) is 3.39. The van der Waals surface area contributed by atoms with Crippen molar-refractivity contribution in [2.75, 3.05) is 18.1 Å². The van der Waals surface area contributed by atoms with Gasteiger partial charge in [-0.15, -0.1) is 0 Å². The normalized spacial score (nSPS) is 20.7. The molecule has 2 rings (SSSR count). The summed E-state index contributed by atoms with van der Waals surface area (Å²) in [6, 6.07) is 3.61. The lowest BCUT2D eigenvalue weighted by Crippen LogP contribution is -2.44. The monoisotopic (exact) mass is 489 g/mol. The first-order valence-electron chi connectivity index (χ1n) is 6.42. The number of carboxylic acids is 1. The maximum absolute atomic E-state index is 12.9. The summed E-state index contributed by atoms with van der Waals surface area (Å²) in [6.45, 7) is -0.790. The van der Waals surface area contributed by atoms with Gasteiger partial charge < -0.3 is 5.11 Å². The van der Waals surface area contributed by atoms with Crippen LogP contribution in [0.25, 0.3) is 0 Å². The lowest BCUT2D eigenvalue weighted by Gasteiger charge is -2.26. The summed E-state index contributed by atoms with van der Waals surface area (Å²) >= 11 is 6.31. The molecule has 1 aromatic rings. The van der Waals surface area contributed by atoms with Crippen LogP contribution in [-0.4, -0.2) is 56.3 Å². The molecule has 7 nitrogen and oxygen atoms in total. The number of carboxylic acid groups (broad SMARTS) is 1. The zero-order valence-electron chi connectivity index (χ0n) is 11.6. The van der Waals surface area contributed by atoms with Gasteiger partial charge in [0.1, 0.15) is 6.54 Å². The van der Waals surface area contributed by atoms with Crippen LogP contribution in [0, 0.1) is 0 Å². The van der Waals surface area contributed by atoms with Crippen molar-refractivity contribution in [2.45, 2.75) is 17.4 Å². The highest BCUT2D eigenvalue weighted by Gasteiger charge is 2.40. The summed E-state index contributed by atoms with van der Waals surface area (Å²) in [5.41, 5.74) is 0. The van der Waals surface area contributed by atoms with Crippen molar-refractivity contribution < 1.29 is 26.7 Å². The van der Waals surface area contributed by atoms with Crippen molar-refractivity contribution in [3.8, 4) is 0 Å². The number of benzene rings is 1. The molecule has 1 aromatic carbocycles. The number of hydrogen-bond acceptors (Lipinski definition) is 5. The molecule has 1 saturated heterocycles. The average Bonchev–Trinajstić information content (AvgIpc) is 2.78. The number of halogens is 2. The summed E-state index contributed by atoms with van der Waals surface area (Å²) in [5, 5.41) is 9.03. The van der Waals surface area contributed by atoms with E-state index in [2.05, 4.69) is 31.9 Å². The molecule has 128 valence electrons. The van der Waals surface area contributed by atoms with Gasteiger partial charge in [-0.3, -0.25) is 4.79 Å². The summed E-state index contributed by atoms with van der Waals surface area (Å²) in [6.07, 6.45) is 0.0838. The van der Waals surface area contributed by atoms with Crippen LogP contribution in [0.4, 0.5) is 0 Å². The van der Waals surface area contributed by atoms with Gasteiger partial charge in [0.2, 0.25) is 10.0 Å². The second kappa shape index (κ2) is 6.79. The molecule has 11 heteroatoms. The fourth-order valence-corrected chi connectivity index (χ4v) is 7.24. The van der Waals surface area contributed by atoms with Crippen molar-refractivity contribution in [3.05, 3.63) is 27.1 Å². The molecule has 23 heavy (non-hydrogen) atoms. The molecule has 0 spiro atoms. The predicted octanol–water partition coefficient (Wildman–Crippen LogP) is 1.47. The second-order valence-electron chi connectivity index (χ2n) is 5.08. The average molecular weight is 491 g/mol. The molecule has 1 atom stereocenters. The molecule has 1 aliphatic heterocycles. The van der Waals surface area contributed by atoms with E-state index in [1.165, 1.54) is 12.1 Å². The number of nitrogens with zero attached hydrogens (tertiary/aromatic N) is 1. The van der Waals surface area contributed by atoms with E-state index in [4.69, 9.17) is 5.11 Å². The van der Waals surface area contributed by atoms with E-state index in [-0.39, 0.29) is 27.3 Å². The number of sulfone groups is 1. The zero-order chi connectivity index (χ0) is 17.4. The fraction of sp³-hybridized carbons (Fsp3) is 0.417. The highest BCUT2D eigenvalue weighted by Crippen LogP contribution is 2.31. The minimum absolute atomic E-state index is 0.0838. The van der Waals surface area contributed by atoms with Gasteiger partial charge in [0.25, 0.3) is 0 Å². The molecule has 0 aromatic heterocycles. The SMILES string of the molecule is O=C(O)CN([C@H]1CCS(=O)(=O)C1)S(=O)(=O)c1cc(Br)ccc1Br.